The van der Waals surface area contributed by atoms with Gasteiger partial charge >= 0.3 is 11.9 Å². The Morgan fingerprint density at radius 2 is 1.00 bits per heavy atom. The molecule has 0 heterocycles. The van der Waals surface area contributed by atoms with E-state index >= 15 is 0 Å². The van der Waals surface area contributed by atoms with Crippen LogP contribution in [0.1, 0.15) is 79.1 Å². The Kier molecular flexibility index (Phi) is 17.5. The number of methoxy groups -OCH3 is 2. The Morgan fingerprint density at radius 3 is 1.50 bits per heavy atom. The molecule has 0 unspecified atom stereocenters. The molecule has 190 valence electrons. The molecule has 0 saturated carbocycles. The summed E-state index contributed by atoms with van der Waals surface area (Å²) in [6.45, 7) is 11.6. The fraction of sp³-hybridized carbons (Fsp3) is 0.917. The number of carbonyl (C=O) groups is 2. The molecule has 0 fully saturated rings. The molecule has 0 aliphatic heterocycles. The maximum absolute atomic E-state index is 11.2. The fourth-order valence-corrected chi connectivity index (χ4v) is 3.04. The number of ether oxygens (including phenoxy) is 6. The molecule has 0 amide bonds. The summed E-state index contributed by atoms with van der Waals surface area (Å²) in [6, 6.07) is 0. The topological polar surface area (TPSA) is 89.5 Å². The average molecular weight is 463 g/mol. The van der Waals surface area contributed by atoms with Gasteiger partial charge in [0.15, 0.2) is 0 Å². The van der Waals surface area contributed by atoms with E-state index in [0.717, 1.165) is 32.1 Å². The van der Waals surface area contributed by atoms with E-state index in [1.807, 2.05) is 13.8 Å². The lowest BCUT2D eigenvalue weighted by Crippen LogP contribution is -2.27. The van der Waals surface area contributed by atoms with E-state index in [0.29, 0.717) is 58.9 Å². The number of carbonyl (C=O) groups excluding carboxylic acids is 2. The second-order valence-electron chi connectivity index (χ2n) is 9.01. The van der Waals surface area contributed by atoms with Crippen LogP contribution in [0.4, 0.5) is 0 Å². The monoisotopic (exact) mass is 462 g/mol. The lowest BCUT2D eigenvalue weighted by atomic mass is 10.0. The molecule has 32 heavy (non-hydrogen) atoms. The van der Waals surface area contributed by atoms with E-state index < -0.39 is 0 Å². The first-order valence-corrected chi connectivity index (χ1v) is 11.7. The summed E-state index contributed by atoms with van der Waals surface area (Å²) in [5.41, 5.74) is -0.476. The molecule has 0 bridgehead atoms. The first-order valence-electron chi connectivity index (χ1n) is 11.7. The predicted molar refractivity (Wildman–Crippen MR) is 123 cm³/mol. The third-order valence-corrected chi connectivity index (χ3v) is 5.04. The van der Waals surface area contributed by atoms with Crippen molar-refractivity contribution in [2.24, 2.45) is 0 Å². The van der Waals surface area contributed by atoms with Gasteiger partial charge in [0, 0.05) is 26.1 Å². The van der Waals surface area contributed by atoms with Gasteiger partial charge in [0.1, 0.15) is 0 Å². The van der Waals surface area contributed by atoms with Crippen LogP contribution >= 0.6 is 0 Å². The molecule has 0 spiro atoms. The predicted octanol–water partition coefficient (Wildman–Crippen LogP) is 4.08. The Labute approximate surface area is 194 Å². The van der Waals surface area contributed by atoms with Gasteiger partial charge in [0.2, 0.25) is 0 Å². The lowest BCUT2D eigenvalue weighted by molar-refractivity contribution is -0.142. The largest absolute Gasteiger partial charge is 0.469 e. The van der Waals surface area contributed by atoms with E-state index in [4.69, 9.17) is 18.9 Å². The van der Waals surface area contributed by atoms with Gasteiger partial charge in [0.05, 0.1) is 51.8 Å². The molecule has 8 heteroatoms. The summed E-state index contributed by atoms with van der Waals surface area (Å²) in [6.07, 6.45) is 5.95. The van der Waals surface area contributed by atoms with Crippen molar-refractivity contribution in [3.8, 4) is 0 Å². The zero-order valence-corrected chi connectivity index (χ0v) is 21.2. The minimum absolute atomic E-state index is 0.182. The van der Waals surface area contributed by atoms with Gasteiger partial charge in [-0.05, 0) is 66.2 Å². The standard InChI is InChI=1S/C24H46O8/c1-23(2,31-20-18-30-16-10-12-22(26)28-6)13-7-8-15-29-17-19-32-24(3,4)14-9-11-21(25)27-5/h7-20H2,1-6H3. The van der Waals surface area contributed by atoms with Crippen LogP contribution in [0.2, 0.25) is 0 Å². The number of hydrogen-bond acceptors (Lipinski definition) is 8. The normalized spacial score (nSPS) is 12.1. The number of rotatable bonds is 21. The molecular weight excluding hydrogens is 416 g/mol. The molecule has 0 N–H and O–H groups in total. The van der Waals surface area contributed by atoms with Crippen LogP contribution in [0.25, 0.3) is 0 Å². The van der Waals surface area contributed by atoms with Gasteiger partial charge in [-0.2, -0.15) is 0 Å². The van der Waals surface area contributed by atoms with Crippen LogP contribution in [-0.4, -0.2) is 77.0 Å². The van der Waals surface area contributed by atoms with E-state index in [9.17, 15) is 9.59 Å². The first-order chi connectivity index (χ1) is 15.1. The van der Waals surface area contributed by atoms with Gasteiger partial charge in [-0.15, -0.1) is 0 Å². The third kappa shape index (κ3) is 19.5. The Morgan fingerprint density at radius 1 is 0.562 bits per heavy atom. The van der Waals surface area contributed by atoms with Crippen molar-refractivity contribution in [1.82, 2.24) is 0 Å². The molecule has 8 nitrogen and oxygen atoms in total. The Hall–Kier alpha value is -1.22. The molecule has 0 aliphatic carbocycles. The van der Waals surface area contributed by atoms with E-state index in [1.54, 1.807) is 0 Å². The minimum Gasteiger partial charge on any atom is -0.469 e. The third-order valence-electron chi connectivity index (χ3n) is 5.04. The summed E-state index contributed by atoms with van der Waals surface area (Å²) >= 11 is 0. The van der Waals surface area contributed by atoms with Crippen molar-refractivity contribution in [2.45, 2.75) is 90.3 Å². The van der Waals surface area contributed by atoms with Crippen molar-refractivity contribution in [3.05, 3.63) is 0 Å². The van der Waals surface area contributed by atoms with Crippen LogP contribution in [-0.2, 0) is 38.0 Å². The van der Waals surface area contributed by atoms with E-state index in [1.165, 1.54) is 14.2 Å². The summed E-state index contributed by atoms with van der Waals surface area (Å²) in [5.74, 6) is -0.391. The SMILES string of the molecule is COC(=O)CCCOCCOC(C)(C)CCCCOCCOC(C)(C)CCCC(=O)OC. The van der Waals surface area contributed by atoms with Crippen LogP contribution in [0, 0.1) is 0 Å². The summed E-state index contributed by atoms with van der Waals surface area (Å²) in [5, 5.41) is 0. The van der Waals surface area contributed by atoms with Gasteiger partial charge in [-0.25, -0.2) is 0 Å². The van der Waals surface area contributed by atoms with Crippen LogP contribution in [0.3, 0.4) is 0 Å². The second-order valence-corrected chi connectivity index (χ2v) is 9.01. The van der Waals surface area contributed by atoms with Crippen molar-refractivity contribution in [2.75, 3.05) is 53.9 Å². The zero-order valence-electron chi connectivity index (χ0n) is 21.2. The highest BCUT2D eigenvalue weighted by Gasteiger charge is 2.19. The van der Waals surface area contributed by atoms with Crippen molar-refractivity contribution >= 4 is 11.9 Å². The van der Waals surface area contributed by atoms with Gasteiger partial charge in [-0.3, -0.25) is 9.59 Å². The fourth-order valence-electron chi connectivity index (χ4n) is 3.04. The smallest absolute Gasteiger partial charge is 0.305 e. The van der Waals surface area contributed by atoms with Crippen LogP contribution < -0.4 is 0 Å². The Balaban J connectivity index is 3.59. The summed E-state index contributed by atoms with van der Waals surface area (Å²) in [7, 11) is 2.80. The van der Waals surface area contributed by atoms with Crippen LogP contribution in [0.15, 0.2) is 0 Å². The summed E-state index contributed by atoms with van der Waals surface area (Å²) < 4.78 is 32.2. The van der Waals surface area contributed by atoms with Gasteiger partial charge < -0.3 is 28.4 Å². The maximum Gasteiger partial charge on any atom is 0.305 e. The van der Waals surface area contributed by atoms with E-state index in [2.05, 4.69) is 23.3 Å². The summed E-state index contributed by atoms with van der Waals surface area (Å²) in [4.78, 5) is 22.2. The first kappa shape index (κ1) is 30.8. The molecule has 0 aromatic carbocycles. The van der Waals surface area contributed by atoms with Crippen molar-refractivity contribution in [3.63, 3.8) is 0 Å². The highest BCUT2D eigenvalue weighted by molar-refractivity contribution is 5.69. The molecule has 0 aromatic heterocycles. The number of hydrogen-bond donors (Lipinski definition) is 0. The molecule has 0 aromatic rings. The van der Waals surface area contributed by atoms with Gasteiger partial charge in [0.25, 0.3) is 0 Å². The molecule has 0 radical (unpaired) electrons. The van der Waals surface area contributed by atoms with Gasteiger partial charge in [-0.1, -0.05) is 0 Å². The molecule has 0 rings (SSSR count). The molecule has 0 saturated heterocycles. The molecule has 0 aliphatic rings. The van der Waals surface area contributed by atoms with E-state index in [-0.39, 0.29) is 23.1 Å². The quantitative estimate of drug-likeness (QED) is 0.186. The lowest BCUT2D eigenvalue weighted by Gasteiger charge is -2.26. The molecule has 0 atom stereocenters. The number of esters is 2. The zero-order chi connectivity index (χ0) is 24.3. The average Bonchev–Trinajstić information content (AvgIpc) is 2.74. The van der Waals surface area contributed by atoms with Crippen LogP contribution in [0.5, 0.6) is 0 Å². The maximum atomic E-state index is 11.2. The second kappa shape index (κ2) is 18.2. The highest BCUT2D eigenvalue weighted by Crippen LogP contribution is 2.19. The van der Waals surface area contributed by atoms with Crippen molar-refractivity contribution in [1.29, 1.82) is 0 Å². The molecular formula is C24H46O8. The minimum atomic E-state index is -0.274. The highest BCUT2D eigenvalue weighted by atomic mass is 16.5. The Bertz CT molecular complexity index is 490. The number of unbranched alkanes of at least 4 members (excludes halogenated alkanes) is 1. The van der Waals surface area contributed by atoms with Crippen molar-refractivity contribution < 1.29 is 38.0 Å².